The van der Waals surface area contributed by atoms with Gasteiger partial charge in [0, 0.05) is 16.1 Å². The normalized spacial score (nSPS) is 11.9. The van der Waals surface area contributed by atoms with E-state index in [9.17, 15) is 22.8 Å². The van der Waals surface area contributed by atoms with Gasteiger partial charge in [-0.25, -0.2) is 13.1 Å². The first-order valence-corrected chi connectivity index (χ1v) is 12.4. The van der Waals surface area contributed by atoms with E-state index in [0.29, 0.717) is 16.1 Å². The number of aryl methyl sites for hydroxylation is 1. The Morgan fingerprint density at radius 2 is 1.51 bits per heavy atom. The van der Waals surface area contributed by atoms with Crippen LogP contribution in [0.15, 0.2) is 83.8 Å². The summed E-state index contributed by atoms with van der Waals surface area (Å²) in [6.45, 7) is 0.694. The van der Waals surface area contributed by atoms with Crippen LogP contribution < -0.4 is 10.0 Å². The first-order chi connectivity index (χ1) is 16.7. The van der Waals surface area contributed by atoms with Crippen LogP contribution in [0.2, 0.25) is 5.02 Å². The molecule has 0 bridgehead atoms. The minimum absolute atomic E-state index is 0.0155. The van der Waals surface area contributed by atoms with Gasteiger partial charge < -0.3 is 10.1 Å². The van der Waals surface area contributed by atoms with Crippen LogP contribution in [0.25, 0.3) is 0 Å². The summed E-state index contributed by atoms with van der Waals surface area (Å²) in [7, 11) is -3.89. The third-order valence-electron chi connectivity index (χ3n) is 4.90. The Balaban J connectivity index is 1.59. The Morgan fingerprint density at radius 3 is 2.14 bits per heavy atom. The van der Waals surface area contributed by atoms with Crippen LogP contribution in [0.1, 0.15) is 27.6 Å². The average molecular weight is 515 g/mol. The van der Waals surface area contributed by atoms with Gasteiger partial charge in [-0.1, -0.05) is 59.6 Å². The molecule has 0 heterocycles. The highest BCUT2D eigenvalue weighted by molar-refractivity contribution is 7.89. The molecular formula is C25H23ClN2O6S. The van der Waals surface area contributed by atoms with E-state index in [1.54, 1.807) is 54.6 Å². The van der Waals surface area contributed by atoms with Gasteiger partial charge in [-0.05, 0) is 43.3 Å². The summed E-state index contributed by atoms with van der Waals surface area (Å²) >= 11 is 5.88. The molecule has 10 heteroatoms. The molecule has 2 N–H and O–H groups in total. The number of halogens is 1. The van der Waals surface area contributed by atoms with Gasteiger partial charge in [0.05, 0.1) is 11.4 Å². The molecule has 1 unspecified atom stereocenters. The molecule has 0 aliphatic heterocycles. The van der Waals surface area contributed by atoms with Crippen molar-refractivity contribution in [2.45, 2.75) is 17.9 Å². The molecule has 1 amide bonds. The highest BCUT2D eigenvalue weighted by Crippen LogP contribution is 2.23. The van der Waals surface area contributed by atoms with Crippen molar-refractivity contribution < 1.29 is 27.5 Å². The van der Waals surface area contributed by atoms with Crippen LogP contribution in [0.4, 0.5) is 0 Å². The Labute approximate surface area is 208 Å². The van der Waals surface area contributed by atoms with E-state index in [-0.39, 0.29) is 4.90 Å². The number of nitrogens with one attached hydrogen (secondary N) is 2. The number of esters is 1. The molecule has 8 nitrogen and oxygen atoms in total. The lowest BCUT2D eigenvalue weighted by molar-refractivity contribution is -0.147. The van der Waals surface area contributed by atoms with E-state index in [2.05, 4.69) is 10.0 Å². The first-order valence-electron chi connectivity index (χ1n) is 10.5. The van der Waals surface area contributed by atoms with Crippen LogP contribution in [-0.4, -0.2) is 39.2 Å². The van der Waals surface area contributed by atoms with Gasteiger partial charge in [0.2, 0.25) is 21.7 Å². The number of benzene rings is 3. The zero-order valence-electron chi connectivity index (χ0n) is 18.7. The molecule has 3 aromatic carbocycles. The van der Waals surface area contributed by atoms with Crippen molar-refractivity contribution in [3.05, 3.63) is 101 Å². The second-order valence-corrected chi connectivity index (χ2v) is 9.77. The molecule has 0 saturated carbocycles. The number of carbonyl (C=O) groups is 3. The van der Waals surface area contributed by atoms with Crippen molar-refractivity contribution in [2.75, 3.05) is 13.1 Å². The van der Waals surface area contributed by atoms with Gasteiger partial charge in [0.15, 0.2) is 6.10 Å². The van der Waals surface area contributed by atoms with E-state index in [0.717, 1.165) is 5.56 Å². The van der Waals surface area contributed by atoms with Crippen LogP contribution in [0.5, 0.6) is 0 Å². The summed E-state index contributed by atoms with van der Waals surface area (Å²) in [5.41, 5.74) is 1.65. The van der Waals surface area contributed by atoms with Gasteiger partial charge in [-0.15, -0.1) is 0 Å². The largest absolute Gasteiger partial charge is 0.448 e. The number of amides is 1. The first kappa shape index (κ1) is 26.1. The molecule has 1 atom stereocenters. The van der Waals surface area contributed by atoms with Crippen LogP contribution in [0.3, 0.4) is 0 Å². The second-order valence-electron chi connectivity index (χ2n) is 7.57. The highest BCUT2D eigenvalue weighted by atomic mass is 35.5. The summed E-state index contributed by atoms with van der Waals surface area (Å²) < 4.78 is 32.1. The number of hydrogen-bond acceptors (Lipinski definition) is 6. The Hall–Kier alpha value is -3.53. The summed E-state index contributed by atoms with van der Waals surface area (Å²) in [5, 5.41) is 2.74. The van der Waals surface area contributed by atoms with Crippen molar-refractivity contribution in [3.63, 3.8) is 0 Å². The number of Topliss-reactive ketones (excluding diaryl/α,β-unsaturated/α-hetero) is 1. The standard InChI is InChI=1S/C25H23ClN2O6S/c1-17-7-13-21(14-8-17)35(32,33)28-15-22(29)27-16-23(30)34-25(19-5-3-2-4-6-19)24(31)18-9-11-20(26)12-10-18/h2-14,25,28H,15-16H2,1H3,(H,27,29). The SMILES string of the molecule is Cc1ccc(S(=O)(=O)NCC(=O)NCC(=O)OC(C(=O)c2ccc(Cl)cc2)c2ccccc2)cc1. The maximum atomic E-state index is 13.0. The van der Waals surface area contributed by atoms with E-state index < -0.39 is 46.9 Å². The predicted octanol–water partition coefficient (Wildman–Crippen LogP) is 3.21. The predicted molar refractivity (Wildman–Crippen MR) is 130 cm³/mol. The second kappa shape index (κ2) is 11.7. The summed E-state index contributed by atoms with van der Waals surface area (Å²) in [4.78, 5) is 37.6. The Morgan fingerprint density at radius 1 is 0.886 bits per heavy atom. The lowest BCUT2D eigenvalue weighted by atomic mass is 10.00. The molecule has 0 saturated heterocycles. The monoisotopic (exact) mass is 514 g/mol. The summed E-state index contributed by atoms with van der Waals surface area (Å²) in [6.07, 6.45) is -1.23. The molecule has 0 fully saturated rings. The van der Waals surface area contributed by atoms with Crippen LogP contribution >= 0.6 is 11.6 Å². The quantitative estimate of drug-likeness (QED) is 0.317. The van der Waals surface area contributed by atoms with Crippen molar-refractivity contribution in [3.8, 4) is 0 Å². The van der Waals surface area contributed by atoms with Crippen molar-refractivity contribution in [1.82, 2.24) is 10.0 Å². The van der Waals surface area contributed by atoms with Gasteiger partial charge >= 0.3 is 5.97 Å². The summed E-state index contributed by atoms with van der Waals surface area (Å²) in [5.74, 6) is -2.06. The maximum Gasteiger partial charge on any atom is 0.326 e. The molecule has 182 valence electrons. The number of carbonyl (C=O) groups excluding carboxylic acids is 3. The third kappa shape index (κ3) is 7.48. The fourth-order valence-electron chi connectivity index (χ4n) is 3.03. The van der Waals surface area contributed by atoms with Crippen LogP contribution in [0, 0.1) is 6.92 Å². The van der Waals surface area contributed by atoms with Crippen LogP contribution in [-0.2, 0) is 24.3 Å². The number of ketones is 1. The van der Waals surface area contributed by atoms with Gasteiger partial charge in [0.25, 0.3) is 0 Å². The van der Waals surface area contributed by atoms with Crippen molar-refractivity contribution >= 4 is 39.3 Å². The molecule has 35 heavy (non-hydrogen) atoms. The number of hydrogen-bond donors (Lipinski definition) is 2. The Kier molecular flexibility index (Phi) is 8.75. The minimum Gasteiger partial charge on any atom is -0.448 e. The molecule has 0 spiro atoms. The lowest BCUT2D eigenvalue weighted by Gasteiger charge is -2.18. The number of rotatable bonds is 10. The van der Waals surface area contributed by atoms with Gasteiger partial charge in [-0.3, -0.25) is 14.4 Å². The molecule has 0 aliphatic carbocycles. The van der Waals surface area contributed by atoms with Crippen molar-refractivity contribution in [1.29, 1.82) is 0 Å². The molecule has 0 radical (unpaired) electrons. The van der Waals surface area contributed by atoms with E-state index >= 15 is 0 Å². The van der Waals surface area contributed by atoms with E-state index in [1.807, 2.05) is 6.92 Å². The third-order valence-corrected chi connectivity index (χ3v) is 6.57. The zero-order chi connectivity index (χ0) is 25.4. The fourth-order valence-corrected chi connectivity index (χ4v) is 4.14. The smallest absolute Gasteiger partial charge is 0.326 e. The Bertz CT molecular complexity index is 1290. The molecule has 0 aromatic heterocycles. The molecule has 0 aliphatic rings. The van der Waals surface area contributed by atoms with Crippen molar-refractivity contribution in [2.24, 2.45) is 0 Å². The van der Waals surface area contributed by atoms with E-state index in [4.69, 9.17) is 16.3 Å². The molecular weight excluding hydrogens is 492 g/mol. The summed E-state index contributed by atoms with van der Waals surface area (Å²) in [6, 6.07) is 20.7. The molecule has 3 aromatic rings. The number of ether oxygens (including phenoxy) is 1. The average Bonchev–Trinajstić information content (AvgIpc) is 2.85. The van der Waals surface area contributed by atoms with Gasteiger partial charge in [0.1, 0.15) is 6.54 Å². The fraction of sp³-hybridized carbons (Fsp3) is 0.160. The minimum atomic E-state index is -3.89. The zero-order valence-corrected chi connectivity index (χ0v) is 20.3. The lowest BCUT2D eigenvalue weighted by Crippen LogP contribution is -2.39. The molecule has 3 rings (SSSR count). The topological polar surface area (TPSA) is 119 Å². The van der Waals surface area contributed by atoms with Gasteiger partial charge in [-0.2, -0.15) is 0 Å². The van der Waals surface area contributed by atoms with E-state index in [1.165, 1.54) is 24.3 Å². The number of sulfonamides is 1. The highest BCUT2D eigenvalue weighted by Gasteiger charge is 2.26. The maximum absolute atomic E-state index is 13.0.